The molecule has 0 aromatic carbocycles. The van der Waals surface area contributed by atoms with E-state index < -0.39 is 0 Å². The van der Waals surface area contributed by atoms with Gasteiger partial charge in [0.05, 0.1) is 10.6 Å². The Morgan fingerprint density at radius 3 is 2.94 bits per heavy atom. The highest BCUT2D eigenvalue weighted by Gasteiger charge is 2.22. The number of hydrogen-bond donors (Lipinski definition) is 0. The van der Waals surface area contributed by atoms with Crippen molar-refractivity contribution in [3.63, 3.8) is 0 Å². The van der Waals surface area contributed by atoms with E-state index >= 15 is 0 Å². The van der Waals surface area contributed by atoms with Crippen molar-refractivity contribution in [3.8, 4) is 0 Å². The summed E-state index contributed by atoms with van der Waals surface area (Å²) in [6, 6.07) is 0. The zero-order valence-corrected chi connectivity index (χ0v) is 11.4. The van der Waals surface area contributed by atoms with E-state index in [-0.39, 0.29) is 0 Å². The molecule has 1 saturated heterocycles. The van der Waals surface area contributed by atoms with Crippen LogP contribution in [0.1, 0.15) is 48.5 Å². The van der Waals surface area contributed by atoms with Crippen LogP contribution in [0.5, 0.6) is 0 Å². The third kappa shape index (κ3) is 2.68. The third-order valence-corrected chi connectivity index (χ3v) is 4.61. The number of nitrogens with zero attached hydrogens (tertiary/aromatic N) is 2. The van der Waals surface area contributed by atoms with Crippen LogP contribution in [0.25, 0.3) is 0 Å². The molecule has 4 heteroatoms. The average Bonchev–Trinajstić information content (AvgIpc) is 2.82. The van der Waals surface area contributed by atoms with Crippen LogP contribution in [0.4, 0.5) is 5.13 Å². The summed E-state index contributed by atoms with van der Waals surface area (Å²) >= 11 is 1.55. The summed E-state index contributed by atoms with van der Waals surface area (Å²) in [4.78, 5) is 18.7. The molecule has 0 bridgehead atoms. The van der Waals surface area contributed by atoms with Gasteiger partial charge in [-0.25, -0.2) is 4.98 Å². The minimum absolute atomic E-state index is 0.789. The molecule has 0 amide bonds. The van der Waals surface area contributed by atoms with Gasteiger partial charge >= 0.3 is 0 Å². The number of aromatic nitrogens is 1. The quantitative estimate of drug-likeness (QED) is 0.772. The van der Waals surface area contributed by atoms with E-state index in [1.165, 1.54) is 19.3 Å². The molecule has 1 aromatic heterocycles. The van der Waals surface area contributed by atoms with Crippen molar-refractivity contribution in [3.05, 3.63) is 10.6 Å². The molecule has 1 atom stereocenters. The monoisotopic (exact) mass is 252 g/mol. The summed E-state index contributed by atoms with van der Waals surface area (Å²) in [6.07, 6.45) is 5.61. The van der Waals surface area contributed by atoms with E-state index in [0.29, 0.717) is 0 Å². The number of anilines is 1. The molecule has 1 fully saturated rings. The Balaban J connectivity index is 2.15. The van der Waals surface area contributed by atoms with Gasteiger partial charge in [0.25, 0.3) is 0 Å². The normalized spacial score (nSPS) is 20.6. The Hall–Kier alpha value is -0.900. The molecule has 94 valence electrons. The smallest absolute Gasteiger partial charge is 0.186 e. The summed E-state index contributed by atoms with van der Waals surface area (Å²) in [5, 5.41) is 1.04. The van der Waals surface area contributed by atoms with E-state index in [1.807, 2.05) is 0 Å². The molecule has 1 unspecified atom stereocenters. The summed E-state index contributed by atoms with van der Waals surface area (Å²) in [5.41, 5.74) is 0.957. The van der Waals surface area contributed by atoms with Crippen molar-refractivity contribution in [1.29, 1.82) is 0 Å². The SMILES string of the molecule is CCc1nc(N2CCCC(CC)C2)sc1C=O. The molecule has 1 aliphatic heterocycles. The number of aldehydes is 1. The molecule has 0 aliphatic carbocycles. The molecule has 3 nitrogen and oxygen atoms in total. The molecule has 0 saturated carbocycles. The molecule has 0 radical (unpaired) electrons. The molecule has 0 N–H and O–H groups in total. The second-order valence-electron chi connectivity index (χ2n) is 4.64. The van der Waals surface area contributed by atoms with Crippen molar-refractivity contribution in [2.45, 2.75) is 39.5 Å². The third-order valence-electron chi connectivity index (χ3n) is 3.53. The minimum Gasteiger partial charge on any atom is -0.348 e. The van der Waals surface area contributed by atoms with Crippen LogP contribution in [-0.4, -0.2) is 24.4 Å². The van der Waals surface area contributed by atoms with Crippen molar-refractivity contribution in [1.82, 2.24) is 4.98 Å². The fourth-order valence-electron chi connectivity index (χ4n) is 2.40. The number of thiazole rings is 1. The lowest BCUT2D eigenvalue weighted by atomic mass is 9.96. The van der Waals surface area contributed by atoms with Crippen molar-refractivity contribution in [2.24, 2.45) is 5.92 Å². The Morgan fingerprint density at radius 1 is 1.53 bits per heavy atom. The van der Waals surface area contributed by atoms with Crippen LogP contribution in [-0.2, 0) is 6.42 Å². The lowest BCUT2D eigenvalue weighted by Gasteiger charge is -2.31. The largest absolute Gasteiger partial charge is 0.348 e. The summed E-state index contributed by atoms with van der Waals surface area (Å²) < 4.78 is 0. The van der Waals surface area contributed by atoms with Crippen LogP contribution in [0.2, 0.25) is 0 Å². The van der Waals surface area contributed by atoms with Crippen LogP contribution in [0.3, 0.4) is 0 Å². The van der Waals surface area contributed by atoms with Gasteiger partial charge in [-0.1, -0.05) is 31.6 Å². The Labute approximate surface area is 107 Å². The van der Waals surface area contributed by atoms with Gasteiger partial charge in [0.1, 0.15) is 0 Å². The van der Waals surface area contributed by atoms with Gasteiger partial charge in [-0.15, -0.1) is 0 Å². The Morgan fingerprint density at radius 2 is 2.35 bits per heavy atom. The molecular weight excluding hydrogens is 232 g/mol. The second kappa shape index (κ2) is 5.63. The van der Waals surface area contributed by atoms with Gasteiger partial charge in [0.2, 0.25) is 0 Å². The zero-order valence-electron chi connectivity index (χ0n) is 10.6. The Bertz CT molecular complexity index is 389. The maximum atomic E-state index is 11.0. The number of carbonyl (C=O) groups excluding carboxylic acids is 1. The molecule has 1 aliphatic rings. The van der Waals surface area contributed by atoms with E-state index in [0.717, 1.165) is 47.4 Å². The highest BCUT2D eigenvalue weighted by molar-refractivity contribution is 7.17. The van der Waals surface area contributed by atoms with E-state index in [2.05, 4.69) is 23.7 Å². The lowest BCUT2D eigenvalue weighted by Crippen LogP contribution is -2.35. The number of piperidine rings is 1. The fraction of sp³-hybridized carbons (Fsp3) is 0.692. The molecule has 2 heterocycles. The first kappa shape index (κ1) is 12.6. The maximum Gasteiger partial charge on any atom is 0.186 e. The zero-order chi connectivity index (χ0) is 12.3. The van der Waals surface area contributed by atoms with Crippen LogP contribution < -0.4 is 4.90 Å². The molecule has 0 spiro atoms. The first-order valence-electron chi connectivity index (χ1n) is 6.48. The van der Waals surface area contributed by atoms with Gasteiger partial charge in [-0.05, 0) is 25.2 Å². The highest BCUT2D eigenvalue weighted by atomic mass is 32.1. The number of hydrogen-bond acceptors (Lipinski definition) is 4. The molecule has 1 aromatic rings. The average molecular weight is 252 g/mol. The highest BCUT2D eigenvalue weighted by Crippen LogP contribution is 2.30. The molecular formula is C13H20N2OS. The van der Waals surface area contributed by atoms with Gasteiger partial charge in [-0.3, -0.25) is 4.79 Å². The maximum absolute atomic E-state index is 11.0. The minimum atomic E-state index is 0.789. The summed E-state index contributed by atoms with van der Waals surface area (Å²) in [6.45, 7) is 6.50. The number of carbonyl (C=O) groups is 1. The molecule has 17 heavy (non-hydrogen) atoms. The Kier molecular flexibility index (Phi) is 4.15. The summed E-state index contributed by atoms with van der Waals surface area (Å²) in [5.74, 6) is 0.789. The van der Waals surface area contributed by atoms with Gasteiger partial charge < -0.3 is 4.90 Å². The van der Waals surface area contributed by atoms with Crippen molar-refractivity contribution >= 4 is 22.8 Å². The van der Waals surface area contributed by atoms with Gasteiger partial charge in [0, 0.05) is 13.1 Å². The van der Waals surface area contributed by atoms with E-state index in [9.17, 15) is 4.79 Å². The van der Waals surface area contributed by atoms with E-state index in [1.54, 1.807) is 11.3 Å². The van der Waals surface area contributed by atoms with Crippen LogP contribution >= 0.6 is 11.3 Å². The molecule has 2 rings (SSSR count). The first-order valence-corrected chi connectivity index (χ1v) is 7.29. The number of aryl methyl sites for hydroxylation is 1. The first-order chi connectivity index (χ1) is 8.28. The fourth-order valence-corrected chi connectivity index (χ4v) is 3.41. The van der Waals surface area contributed by atoms with Gasteiger partial charge in [0.15, 0.2) is 11.4 Å². The van der Waals surface area contributed by atoms with Crippen molar-refractivity contribution in [2.75, 3.05) is 18.0 Å². The predicted molar refractivity (Wildman–Crippen MR) is 72.1 cm³/mol. The standard InChI is InChI=1S/C13H20N2OS/c1-3-10-6-5-7-15(8-10)13-14-11(4-2)12(9-16)17-13/h9-10H,3-8H2,1-2H3. The van der Waals surface area contributed by atoms with Crippen molar-refractivity contribution < 1.29 is 4.79 Å². The van der Waals surface area contributed by atoms with E-state index in [4.69, 9.17) is 0 Å². The summed E-state index contributed by atoms with van der Waals surface area (Å²) in [7, 11) is 0. The topological polar surface area (TPSA) is 33.2 Å². The lowest BCUT2D eigenvalue weighted by molar-refractivity contribution is 0.112. The number of rotatable bonds is 4. The van der Waals surface area contributed by atoms with Crippen LogP contribution in [0, 0.1) is 5.92 Å². The predicted octanol–water partition coefficient (Wildman–Crippen LogP) is 3.14. The van der Waals surface area contributed by atoms with Crippen LogP contribution in [0.15, 0.2) is 0 Å². The van der Waals surface area contributed by atoms with Gasteiger partial charge in [-0.2, -0.15) is 0 Å². The second-order valence-corrected chi connectivity index (χ2v) is 5.65.